The third-order valence-electron chi connectivity index (χ3n) is 2.86. The maximum Gasteiger partial charge on any atom is 0.191 e. The van der Waals surface area contributed by atoms with Gasteiger partial charge in [-0.2, -0.15) is 0 Å². The van der Waals surface area contributed by atoms with E-state index in [1.165, 1.54) is 5.56 Å². The van der Waals surface area contributed by atoms with Crippen LogP contribution in [0.3, 0.4) is 0 Å². The normalized spacial score (nSPS) is 11.2. The van der Waals surface area contributed by atoms with Crippen molar-refractivity contribution in [1.29, 1.82) is 0 Å². The SMILES string of the molecule is CCn1c(Cc2ccccc2)nnc1SCC(C)C. The van der Waals surface area contributed by atoms with Gasteiger partial charge in [-0.3, -0.25) is 0 Å². The van der Waals surface area contributed by atoms with Crippen LogP contribution in [0.4, 0.5) is 0 Å². The number of nitrogens with zero attached hydrogens (tertiary/aromatic N) is 3. The Morgan fingerprint density at radius 2 is 1.89 bits per heavy atom. The molecule has 0 amide bonds. The zero-order chi connectivity index (χ0) is 13.7. The van der Waals surface area contributed by atoms with E-state index in [9.17, 15) is 0 Å². The van der Waals surface area contributed by atoms with Crippen LogP contribution in [0.1, 0.15) is 32.2 Å². The minimum atomic E-state index is 0.671. The summed E-state index contributed by atoms with van der Waals surface area (Å²) in [6.07, 6.45) is 0.851. The highest BCUT2D eigenvalue weighted by molar-refractivity contribution is 7.99. The van der Waals surface area contributed by atoms with Crippen LogP contribution in [0.5, 0.6) is 0 Å². The predicted octanol–water partition coefficient (Wildman–Crippen LogP) is 3.64. The van der Waals surface area contributed by atoms with Gasteiger partial charge in [-0.1, -0.05) is 55.9 Å². The summed E-state index contributed by atoms with van der Waals surface area (Å²) < 4.78 is 2.22. The summed E-state index contributed by atoms with van der Waals surface area (Å²) in [5.74, 6) is 2.81. The first-order valence-electron chi connectivity index (χ1n) is 6.79. The van der Waals surface area contributed by atoms with E-state index in [0.29, 0.717) is 5.92 Å². The lowest BCUT2D eigenvalue weighted by atomic mass is 10.1. The van der Waals surface area contributed by atoms with Crippen LogP contribution >= 0.6 is 11.8 Å². The van der Waals surface area contributed by atoms with E-state index >= 15 is 0 Å². The van der Waals surface area contributed by atoms with Gasteiger partial charge in [0.2, 0.25) is 0 Å². The van der Waals surface area contributed by atoms with Gasteiger partial charge < -0.3 is 4.57 Å². The van der Waals surface area contributed by atoms with E-state index in [0.717, 1.165) is 29.7 Å². The van der Waals surface area contributed by atoms with Crippen molar-refractivity contribution in [1.82, 2.24) is 14.8 Å². The number of rotatable bonds is 6. The van der Waals surface area contributed by atoms with Crippen LogP contribution in [-0.2, 0) is 13.0 Å². The first-order chi connectivity index (χ1) is 9.20. The molecule has 0 aliphatic carbocycles. The lowest BCUT2D eigenvalue weighted by Gasteiger charge is -2.08. The smallest absolute Gasteiger partial charge is 0.191 e. The summed E-state index contributed by atoms with van der Waals surface area (Å²) in [7, 11) is 0. The number of thioether (sulfide) groups is 1. The molecular weight excluding hydrogens is 254 g/mol. The van der Waals surface area contributed by atoms with Gasteiger partial charge in [0.15, 0.2) is 5.16 Å². The Bertz CT molecular complexity index is 505. The van der Waals surface area contributed by atoms with Gasteiger partial charge >= 0.3 is 0 Å². The number of aromatic nitrogens is 3. The molecule has 4 heteroatoms. The van der Waals surface area contributed by atoms with Gasteiger partial charge in [0.25, 0.3) is 0 Å². The molecule has 0 atom stereocenters. The third kappa shape index (κ3) is 3.83. The molecule has 3 nitrogen and oxygen atoms in total. The highest BCUT2D eigenvalue weighted by Gasteiger charge is 2.12. The quantitative estimate of drug-likeness (QED) is 0.754. The minimum absolute atomic E-state index is 0.671. The van der Waals surface area contributed by atoms with Crippen molar-refractivity contribution >= 4 is 11.8 Å². The molecule has 102 valence electrons. The molecule has 0 aliphatic heterocycles. The van der Waals surface area contributed by atoms with Crippen molar-refractivity contribution in [2.45, 2.75) is 38.9 Å². The zero-order valence-corrected chi connectivity index (χ0v) is 12.7. The monoisotopic (exact) mass is 275 g/mol. The molecule has 1 heterocycles. The van der Waals surface area contributed by atoms with Crippen molar-refractivity contribution in [2.75, 3.05) is 5.75 Å². The lowest BCUT2D eigenvalue weighted by Crippen LogP contribution is -2.05. The van der Waals surface area contributed by atoms with Crippen LogP contribution < -0.4 is 0 Å². The molecule has 0 unspecified atom stereocenters. The van der Waals surface area contributed by atoms with Gasteiger partial charge in [-0.05, 0) is 18.4 Å². The average molecular weight is 275 g/mol. The summed E-state index contributed by atoms with van der Waals surface area (Å²) in [6, 6.07) is 10.4. The molecule has 2 aromatic rings. The van der Waals surface area contributed by atoms with Crippen molar-refractivity contribution in [3.8, 4) is 0 Å². The van der Waals surface area contributed by atoms with Gasteiger partial charge in [-0.15, -0.1) is 10.2 Å². The fraction of sp³-hybridized carbons (Fsp3) is 0.467. The first-order valence-corrected chi connectivity index (χ1v) is 7.78. The summed E-state index contributed by atoms with van der Waals surface area (Å²) in [6.45, 7) is 7.53. The van der Waals surface area contributed by atoms with Gasteiger partial charge in [0.05, 0.1) is 0 Å². The summed E-state index contributed by atoms with van der Waals surface area (Å²) in [5, 5.41) is 9.73. The third-order valence-corrected chi connectivity index (χ3v) is 4.25. The standard InChI is InChI=1S/C15H21N3S/c1-4-18-14(10-13-8-6-5-7-9-13)16-17-15(18)19-11-12(2)3/h5-9,12H,4,10-11H2,1-3H3. The fourth-order valence-corrected chi connectivity index (χ4v) is 2.87. The second kappa shape index (κ2) is 6.75. The molecule has 2 rings (SSSR count). The Labute approximate surface area is 119 Å². The van der Waals surface area contributed by atoms with E-state index < -0.39 is 0 Å². The zero-order valence-electron chi connectivity index (χ0n) is 11.8. The summed E-state index contributed by atoms with van der Waals surface area (Å²) >= 11 is 1.80. The molecule has 0 aliphatic rings. The highest BCUT2D eigenvalue weighted by Crippen LogP contribution is 2.20. The van der Waals surface area contributed by atoms with Crippen LogP contribution in [0.15, 0.2) is 35.5 Å². The fourth-order valence-electron chi connectivity index (χ4n) is 1.89. The van der Waals surface area contributed by atoms with Gasteiger partial charge in [0, 0.05) is 18.7 Å². The number of hydrogen-bond acceptors (Lipinski definition) is 3. The molecule has 19 heavy (non-hydrogen) atoms. The van der Waals surface area contributed by atoms with Crippen LogP contribution in [0.25, 0.3) is 0 Å². The number of hydrogen-bond donors (Lipinski definition) is 0. The van der Waals surface area contributed by atoms with Crippen LogP contribution in [0.2, 0.25) is 0 Å². The van der Waals surface area contributed by atoms with Gasteiger partial charge in [0.1, 0.15) is 5.82 Å². The van der Waals surface area contributed by atoms with E-state index in [1.54, 1.807) is 11.8 Å². The van der Waals surface area contributed by atoms with Gasteiger partial charge in [-0.25, -0.2) is 0 Å². The largest absolute Gasteiger partial charge is 0.306 e. The van der Waals surface area contributed by atoms with Crippen molar-refractivity contribution in [3.63, 3.8) is 0 Å². The molecule has 0 bridgehead atoms. The summed E-state index contributed by atoms with van der Waals surface area (Å²) in [4.78, 5) is 0. The molecule has 0 radical (unpaired) electrons. The average Bonchev–Trinajstić information content (AvgIpc) is 2.79. The van der Waals surface area contributed by atoms with E-state index in [4.69, 9.17) is 0 Å². The van der Waals surface area contributed by atoms with Crippen molar-refractivity contribution in [3.05, 3.63) is 41.7 Å². The minimum Gasteiger partial charge on any atom is -0.306 e. The second-order valence-electron chi connectivity index (χ2n) is 5.01. The molecule has 0 fully saturated rings. The van der Waals surface area contributed by atoms with Crippen LogP contribution in [0, 0.1) is 5.92 Å². The van der Waals surface area contributed by atoms with E-state index in [1.807, 2.05) is 6.07 Å². The molecule has 1 aromatic carbocycles. The van der Waals surface area contributed by atoms with E-state index in [-0.39, 0.29) is 0 Å². The molecule has 1 aromatic heterocycles. The van der Waals surface area contributed by atoms with Crippen LogP contribution in [-0.4, -0.2) is 20.5 Å². The maximum atomic E-state index is 4.35. The predicted molar refractivity (Wildman–Crippen MR) is 80.5 cm³/mol. The first kappa shape index (κ1) is 14.1. The maximum absolute atomic E-state index is 4.35. The Kier molecular flexibility index (Phi) is 5.02. The Balaban J connectivity index is 2.13. The summed E-state index contributed by atoms with van der Waals surface area (Å²) in [5.41, 5.74) is 1.28. The van der Waals surface area contributed by atoms with Crippen molar-refractivity contribution in [2.24, 2.45) is 5.92 Å². The molecule has 0 saturated carbocycles. The lowest BCUT2D eigenvalue weighted by molar-refractivity contribution is 0.648. The molecule has 0 N–H and O–H groups in total. The molecule has 0 spiro atoms. The van der Waals surface area contributed by atoms with Crippen molar-refractivity contribution < 1.29 is 0 Å². The topological polar surface area (TPSA) is 30.7 Å². The number of benzene rings is 1. The second-order valence-corrected chi connectivity index (χ2v) is 6.00. The van der Waals surface area contributed by atoms with E-state index in [2.05, 4.69) is 59.8 Å². The molecular formula is C15H21N3S. The highest BCUT2D eigenvalue weighted by atomic mass is 32.2. The Morgan fingerprint density at radius 1 is 1.16 bits per heavy atom. The Morgan fingerprint density at radius 3 is 2.53 bits per heavy atom. The molecule has 0 saturated heterocycles. The Hall–Kier alpha value is -1.29.